The Morgan fingerprint density at radius 1 is 1.06 bits per heavy atom. The highest BCUT2D eigenvalue weighted by Crippen LogP contribution is 2.33. The van der Waals surface area contributed by atoms with Gasteiger partial charge in [-0.3, -0.25) is 14.2 Å². The van der Waals surface area contributed by atoms with Gasteiger partial charge in [-0.1, -0.05) is 44.7 Å². The number of nitrogens with one attached hydrogen (secondary N) is 1. The van der Waals surface area contributed by atoms with Crippen molar-refractivity contribution < 1.29 is 9.53 Å². The molecule has 0 saturated heterocycles. The van der Waals surface area contributed by atoms with Crippen molar-refractivity contribution in [1.29, 1.82) is 0 Å². The Labute approximate surface area is 212 Å². The van der Waals surface area contributed by atoms with Crippen LogP contribution in [0.5, 0.6) is 0 Å². The zero-order valence-electron chi connectivity index (χ0n) is 21.8. The number of hydrogen-bond donors (Lipinski definition) is 1. The highest BCUT2D eigenvalue weighted by molar-refractivity contribution is 8.01. The molecule has 0 amide bonds. The summed E-state index contributed by atoms with van der Waals surface area (Å²) in [6, 6.07) is 8.14. The van der Waals surface area contributed by atoms with Gasteiger partial charge in [0, 0.05) is 25.0 Å². The number of aryl methyl sites for hydroxylation is 2. The van der Waals surface area contributed by atoms with E-state index in [0.717, 1.165) is 41.6 Å². The van der Waals surface area contributed by atoms with Crippen LogP contribution in [0.3, 0.4) is 0 Å². The number of nitrogens with zero attached hydrogens (tertiary/aromatic N) is 3. The third kappa shape index (κ3) is 8.87. The molecule has 1 heterocycles. The third-order valence-corrected chi connectivity index (χ3v) is 6.89. The number of esters is 1. The van der Waals surface area contributed by atoms with Crippen molar-refractivity contribution in [3.05, 3.63) is 50.7 Å². The fourth-order valence-corrected chi connectivity index (χ4v) is 4.62. The Kier molecular flexibility index (Phi) is 11.6. The summed E-state index contributed by atoms with van der Waals surface area (Å²) in [5, 5.41) is 7.40. The zero-order valence-corrected chi connectivity index (χ0v) is 22.6. The summed E-state index contributed by atoms with van der Waals surface area (Å²) >= 11 is 1.48. The minimum absolute atomic E-state index is 0.216. The largest absolute Gasteiger partial charge is 0.465 e. The molecule has 1 aromatic heterocycles. The Balaban J connectivity index is 1.88. The van der Waals surface area contributed by atoms with Crippen LogP contribution in [0.25, 0.3) is 0 Å². The van der Waals surface area contributed by atoms with Gasteiger partial charge in [-0.15, -0.1) is 16.9 Å². The lowest BCUT2D eigenvalue weighted by atomic mass is 10.1. The molecule has 0 bridgehead atoms. The minimum atomic E-state index is -0.646. The van der Waals surface area contributed by atoms with Crippen LogP contribution in [0.4, 0.5) is 5.82 Å². The van der Waals surface area contributed by atoms with Gasteiger partial charge in [-0.25, -0.2) is 9.48 Å². The number of hydrogen-bond acceptors (Lipinski definition) is 7. The highest BCUT2D eigenvalue weighted by atomic mass is 32.2. The van der Waals surface area contributed by atoms with Crippen LogP contribution in [0.15, 0.2) is 38.8 Å². The first kappa shape index (κ1) is 28.7. The second-order valence-corrected chi connectivity index (χ2v) is 10.8. The van der Waals surface area contributed by atoms with E-state index in [-0.39, 0.29) is 17.5 Å². The van der Waals surface area contributed by atoms with Crippen LogP contribution < -0.4 is 16.6 Å². The van der Waals surface area contributed by atoms with Crippen LogP contribution in [0.2, 0.25) is 0 Å². The highest BCUT2D eigenvalue weighted by Gasteiger charge is 2.30. The minimum Gasteiger partial charge on any atom is -0.465 e. The molecule has 0 atom stereocenters. The molecule has 0 aliphatic carbocycles. The van der Waals surface area contributed by atoms with Crippen molar-refractivity contribution in [2.45, 2.75) is 88.8 Å². The number of carbonyl (C=O) groups excluding carboxylic acids is 1. The molecule has 0 fully saturated rings. The summed E-state index contributed by atoms with van der Waals surface area (Å²) in [4.78, 5) is 37.9. The topological polar surface area (TPSA) is 95.2 Å². The van der Waals surface area contributed by atoms with Crippen molar-refractivity contribution in [3.8, 4) is 0 Å². The Bertz CT molecular complexity index is 1060. The van der Waals surface area contributed by atoms with E-state index in [1.54, 1.807) is 0 Å². The van der Waals surface area contributed by atoms with Gasteiger partial charge < -0.3 is 10.1 Å². The first-order valence-corrected chi connectivity index (χ1v) is 13.4. The maximum absolute atomic E-state index is 12.5. The Morgan fingerprint density at radius 2 is 1.74 bits per heavy atom. The molecule has 0 aliphatic rings. The van der Waals surface area contributed by atoms with Gasteiger partial charge in [-0.05, 0) is 57.7 Å². The average molecular weight is 505 g/mol. The molecule has 0 saturated carbocycles. The van der Waals surface area contributed by atoms with Gasteiger partial charge in [0.15, 0.2) is 0 Å². The van der Waals surface area contributed by atoms with E-state index in [2.05, 4.69) is 29.5 Å². The van der Waals surface area contributed by atoms with E-state index in [9.17, 15) is 14.4 Å². The van der Waals surface area contributed by atoms with E-state index in [1.165, 1.54) is 41.9 Å². The predicted octanol–water partition coefficient (Wildman–Crippen LogP) is 4.39. The van der Waals surface area contributed by atoms with Crippen molar-refractivity contribution in [1.82, 2.24) is 14.3 Å². The summed E-state index contributed by atoms with van der Waals surface area (Å²) in [5.74, 6) is -0.00340. The van der Waals surface area contributed by atoms with Gasteiger partial charge in [0.25, 0.3) is 5.56 Å². The predicted molar refractivity (Wildman–Crippen MR) is 142 cm³/mol. The third-order valence-electron chi connectivity index (χ3n) is 5.71. The van der Waals surface area contributed by atoms with E-state index >= 15 is 0 Å². The monoisotopic (exact) mass is 504 g/mol. The molecule has 2 rings (SSSR count). The van der Waals surface area contributed by atoms with E-state index in [1.807, 2.05) is 32.9 Å². The van der Waals surface area contributed by atoms with Crippen LogP contribution in [0.1, 0.15) is 71.8 Å². The van der Waals surface area contributed by atoms with Crippen LogP contribution >= 0.6 is 11.8 Å². The summed E-state index contributed by atoms with van der Waals surface area (Å²) in [6.45, 7) is 9.17. The molecule has 0 spiro atoms. The number of aromatic nitrogens is 3. The van der Waals surface area contributed by atoms with Crippen molar-refractivity contribution >= 4 is 23.5 Å². The molecule has 0 radical (unpaired) electrons. The van der Waals surface area contributed by atoms with Gasteiger partial charge in [0.2, 0.25) is 5.82 Å². The lowest BCUT2D eigenvalue weighted by Gasteiger charge is -2.21. The lowest BCUT2D eigenvalue weighted by Crippen LogP contribution is -2.41. The number of carbonyl (C=O) groups is 1. The van der Waals surface area contributed by atoms with Gasteiger partial charge in [-0.2, -0.15) is 0 Å². The Morgan fingerprint density at radius 3 is 2.40 bits per heavy atom. The molecule has 35 heavy (non-hydrogen) atoms. The van der Waals surface area contributed by atoms with Crippen LogP contribution in [-0.4, -0.2) is 38.2 Å². The van der Waals surface area contributed by atoms with Crippen LogP contribution in [0, 0.1) is 0 Å². The SMILES string of the molecule is CCCCCCCn1nc(NCCCc2ccc(SC(C)(C)C(=O)OCC)cc2)c(=O)n(C)c1=O. The summed E-state index contributed by atoms with van der Waals surface area (Å²) in [5.41, 5.74) is 0.394. The first-order chi connectivity index (χ1) is 16.7. The standard InChI is InChI=1S/C26H40N4O4S/c1-6-8-9-10-11-19-30-25(33)29(5)23(31)22(28-30)27-18-12-13-20-14-16-21(17-15-20)35-26(3,4)24(32)34-7-2/h14-17H,6-13,18-19H2,1-5H3,(H,27,28). The molecule has 2 aromatic rings. The fourth-order valence-electron chi connectivity index (χ4n) is 3.61. The molecule has 1 aromatic carbocycles. The number of ether oxygens (including phenoxy) is 1. The lowest BCUT2D eigenvalue weighted by molar-refractivity contribution is -0.145. The molecule has 1 N–H and O–H groups in total. The number of thioether (sulfide) groups is 1. The van der Waals surface area contributed by atoms with Crippen LogP contribution in [-0.2, 0) is 29.5 Å². The smallest absolute Gasteiger partial charge is 0.347 e. The van der Waals surface area contributed by atoms with Crippen molar-refractivity contribution in [2.24, 2.45) is 7.05 Å². The second kappa shape index (κ2) is 14.1. The normalized spacial score (nSPS) is 11.5. The maximum Gasteiger partial charge on any atom is 0.347 e. The van der Waals surface area contributed by atoms with E-state index < -0.39 is 10.3 Å². The maximum atomic E-state index is 12.5. The van der Waals surface area contributed by atoms with Crippen molar-refractivity contribution in [2.75, 3.05) is 18.5 Å². The molecule has 9 heteroatoms. The van der Waals surface area contributed by atoms with E-state index in [0.29, 0.717) is 19.7 Å². The molecule has 0 aliphatic heterocycles. The molecule has 0 unspecified atom stereocenters. The molecular formula is C26H40N4O4S. The molecule has 8 nitrogen and oxygen atoms in total. The number of rotatable bonds is 15. The fraction of sp³-hybridized carbons (Fsp3) is 0.615. The Hall–Kier alpha value is -2.55. The van der Waals surface area contributed by atoms with Gasteiger partial charge >= 0.3 is 11.7 Å². The average Bonchev–Trinajstić information content (AvgIpc) is 2.83. The second-order valence-electron chi connectivity index (χ2n) is 9.14. The quantitative estimate of drug-likeness (QED) is 0.218. The number of benzene rings is 1. The number of unbranched alkanes of at least 4 members (excludes halogenated alkanes) is 4. The van der Waals surface area contributed by atoms with Gasteiger partial charge in [0.1, 0.15) is 4.75 Å². The first-order valence-electron chi connectivity index (χ1n) is 12.6. The van der Waals surface area contributed by atoms with Crippen molar-refractivity contribution in [3.63, 3.8) is 0 Å². The van der Waals surface area contributed by atoms with Gasteiger partial charge in [0.05, 0.1) is 6.61 Å². The molecular weight excluding hydrogens is 464 g/mol. The summed E-state index contributed by atoms with van der Waals surface area (Å²) in [7, 11) is 1.49. The summed E-state index contributed by atoms with van der Waals surface area (Å²) < 4.78 is 7.02. The summed E-state index contributed by atoms with van der Waals surface area (Å²) in [6.07, 6.45) is 7.06. The molecule has 194 valence electrons. The van der Waals surface area contributed by atoms with E-state index in [4.69, 9.17) is 4.74 Å². The number of anilines is 1. The zero-order chi connectivity index (χ0) is 25.8.